The summed E-state index contributed by atoms with van der Waals surface area (Å²) in [4.78, 5) is 16.2. The molecule has 0 radical (unpaired) electrons. The zero-order valence-corrected chi connectivity index (χ0v) is 15.7. The molecule has 0 aliphatic heterocycles. The van der Waals surface area contributed by atoms with Crippen LogP contribution < -0.4 is 10.6 Å². The predicted octanol–water partition coefficient (Wildman–Crippen LogP) is 5.17. The molecule has 3 rings (SSSR count). The average molecular weight is 409 g/mol. The van der Waals surface area contributed by atoms with E-state index in [0.717, 1.165) is 6.07 Å². The Labute approximate surface area is 164 Å². The maximum Gasteiger partial charge on any atom is 0.433 e. The van der Waals surface area contributed by atoms with Gasteiger partial charge in [0, 0.05) is 24.0 Å². The molecule has 146 valence electrons. The first kappa shape index (κ1) is 19.8. The van der Waals surface area contributed by atoms with E-state index in [1.165, 1.54) is 18.3 Å². The molecule has 0 bridgehead atoms. The van der Waals surface area contributed by atoms with E-state index < -0.39 is 11.9 Å². The van der Waals surface area contributed by atoms with Gasteiger partial charge in [0.25, 0.3) is 0 Å². The van der Waals surface area contributed by atoms with Crippen LogP contribution >= 0.6 is 11.6 Å². The third-order valence-electron chi connectivity index (χ3n) is 3.43. The third kappa shape index (κ3) is 5.07. The van der Waals surface area contributed by atoms with Gasteiger partial charge in [0.05, 0.1) is 0 Å². The Hall–Kier alpha value is -2.94. The van der Waals surface area contributed by atoms with Crippen molar-refractivity contribution in [3.05, 3.63) is 53.4 Å². The standard InChI is InChI=1S/C18H16ClF3N6/c1-10(2)24-15-9-16(25-11-6-7-23-14(19)8-11)28-17(27-15)12-4-3-5-13(26-12)18(20,21)22/h3-10H,1-2H3,(H2,23,24,25,27,28). The molecule has 0 spiro atoms. The molecule has 0 atom stereocenters. The lowest BCUT2D eigenvalue weighted by atomic mass is 10.2. The van der Waals surface area contributed by atoms with Gasteiger partial charge in [-0.1, -0.05) is 17.7 Å². The smallest absolute Gasteiger partial charge is 0.368 e. The number of hydrogen-bond acceptors (Lipinski definition) is 6. The lowest BCUT2D eigenvalue weighted by Crippen LogP contribution is -2.13. The zero-order chi connectivity index (χ0) is 20.3. The second-order valence-electron chi connectivity index (χ2n) is 6.16. The average Bonchev–Trinajstić information content (AvgIpc) is 2.60. The third-order valence-corrected chi connectivity index (χ3v) is 3.64. The Kier molecular flexibility index (Phi) is 5.64. The largest absolute Gasteiger partial charge is 0.433 e. The van der Waals surface area contributed by atoms with Crippen LogP contribution in [0.1, 0.15) is 19.5 Å². The molecule has 3 aromatic heterocycles. The zero-order valence-electron chi connectivity index (χ0n) is 14.9. The lowest BCUT2D eigenvalue weighted by Gasteiger charge is -2.14. The van der Waals surface area contributed by atoms with Crippen molar-refractivity contribution in [2.45, 2.75) is 26.1 Å². The van der Waals surface area contributed by atoms with Crippen LogP contribution in [0.3, 0.4) is 0 Å². The van der Waals surface area contributed by atoms with E-state index >= 15 is 0 Å². The van der Waals surface area contributed by atoms with Crippen molar-refractivity contribution in [3.63, 3.8) is 0 Å². The number of nitrogens with zero attached hydrogens (tertiary/aromatic N) is 4. The molecular formula is C18H16ClF3N6. The summed E-state index contributed by atoms with van der Waals surface area (Å²) in [6, 6.07) is 8.58. The highest BCUT2D eigenvalue weighted by atomic mass is 35.5. The van der Waals surface area contributed by atoms with Gasteiger partial charge in [-0.15, -0.1) is 0 Å². The molecule has 0 unspecified atom stereocenters. The van der Waals surface area contributed by atoms with E-state index in [1.807, 2.05) is 13.8 Å². The molecule has 10 heteroatoms. The fraction of sp³-hybridized carbons (Fsp3) is 0.222. The Morgan fingerprint density at radius 1 is 1.00 bits per heavy atom. The van der Waals surface area contributed by atoms with Crippen LogP contribution in [0.5, 0.6) is 0 Å². The van der Waals surface area contributed by atoms with E-state index in [9.17, 15) is 13.2 Å². The molecule has 3 heterocycles. The van der Waals surface area contributed by atoms with Crippen LogP contribution in [0, 0.1) is 0 Å². The second-order valence-corrected chi connectivity index (χ2v) is 6.55. The lowest BCUT2D eigenvalue weighted by molar-refractivity contribution is -0.141. The maximum atomic E-state index is 13.0. The fourth-order valence-electron chi connectivity index (χ4n) is 2.34. The first-order valence-corrected chi connectivity index (χ1v) is 8.67. The van der Waals surface area contributed by atoms with Gasteiger partial charge in [-0.2, -0.15) is 13.2 Å². The first-order valence-electron chi connectivity index (χ1n) is 8.29. The van der Waals surface area contributed by atoms with Crippen molar-refractivity contribution in [3.8, 4) is 11.5 Å². The Morgan fingerprint density at radius 3 is 2.43 bits per heavy atom. The number of hydrogen-bond donors (Lipinski definition) is 2. The molecule has 0 fully saturated rings. The highest BCUT2D eigenvalue weighted by Crippen LogP contribution is 2.29. The number of rotatable bonds is 5. The normalized spacial score (nSPS) is 11.5. The molecule has 3 aromatic rings. The van der Waals surface area contributed by atoms with Crippen molar-refractivity contribution >= 4 is 28.9 Å². The Bertz CT molecular complexity index is 978. The number of alkyl halides is 3. The van der Waals surface area contributed by atoms with Crippen molar-refractivity contribution in [1.82, 2.24) is 19.9 Å². The summed E-state index contributed by atoms with van der Waals surface area (Å²) in [6.45, 7) is 3.83. The molecule has 0 saturated carbocycles. The van der Waals surface area contributed by atoms with Crippen LogP contribution in [0.25, 0.3) is 11.5 Å². The minimum atomic E-state index is -4.56. The first-order chi connectivity index (χ1) is 13.2. The topological polar surface area (TPSA) is 75.6 Å². The number of nitrogens with one attached hydrogen (secondary N) is 2. The van der Waals surface area contributed by atoms with Gasteiger partial charge in [0.2, 0.25) is 0 Å². The van der Waals surface area contributed by atoms with Crippen LogP contribution in [0.15, 0.2) is 42.6 Å². The van der Waals surface area contributed by atoms with Gasteiger partial charge < -0.3 is 10.6 Å². The predicted molar refractivity (Wildman–Crippen MR) is 102 cm³/mol. The van der Waals surface area contributed by atoms with Crippen molar-refractivity contribution in [1.29, 1.82) is 0 Å². The highest BCUT2D eigenvalue weighted by molar-refractivity contribution is 6.29. The van der Waals surface area contributed by atoms with Gasteiger partial charge in [0.15, 0.2) is 5.82 Å². The van der Waals surface area contributed by atoms with E-state index in [0.29, 0.717) is 22.5 Å². The van der Waals surface area contributed by atoms with Gasteiger partial charge in [-0.3, -0.25) is 0 Å². The SMILES string of the molecule is CC(C)Nc1cc(Nc2ccnc(Cl)c2)nc(-c2cccc(C(F)(F)F)n2)n1. The summed E-state index contributed by atoms with van der Waals surface area (Å²) in [6.07, 6.45) is -3.03. The molecular weight excluding hydrogens is 393 g/mol. The molecule has 0 aliphatic carbocycles. The summed E-state index contributed by atoms with van der Waals surface area (Å²) in [5.41, 5.74) is -0.374. The molecule has 2 N–H and O–H groups in total. The summed E-state index contributed by atoms with van der Waals surface area (Å²) in [7, 11) is 0. The number of anilines is 3. The number of halogens is 4. The van der Waals surface area contributed by atoms with Crippen molar-refractivity contribution in [2.75, 3.05) is 10.6 Å². The number of aromatic nitrogens is 4. The molecule has 0 saturated heterocycles. The van der Waals surface area contributed by atoms with Gasteiger partial charge in [-0.05, 0) is 38.1 Å². The van der Waals surface area contributed by atoms with Crippen LogP contribution in [0.4, 0.5) is 30.5 Å². The summed E-state index contributed by atoms with van der Waals surface area (Å²) in [5, 5.41) is 6.46. The van der Waals surface area contributed by atoms with E-state index in [4.69, 9.17) is 11.6 Å². The Balaban J connectivity index is 2.03. The van der Waals surface area contributed by atoms with Gasteiger partial charge >= 0.3 is 6.18 Å². The molecule has 28 heavy (non-hydrogen) atoms. The quantitative estimate of drug-likeness (QED) is 0.567. The van der Waals surface area contributed by atoms with Crippen LogP contribution in [-0.4, -0.2) is 26.0 Å². The fourth-order valence-corrected chi connectivity index (χ4v) is 2.51. The minimum Gasteiger partial charge on any atom is -0.368 e. The van der Waals surface area contributed by atoms with E-state index in [2.05, 4.69) is 30.6 Å². The minimum absolute atomic E-state index is 0.0121. The van der Waals surface area contributed by atoms with Crippen molar-refractivity contribution in [2.24, 2.45) is 0 Å². The maximum absolute atomic E-state index is 13.0. The van der Waals surface area contributed by atoms with Crippen molar-refractivity contribution < 1.29 is 13.2 Å². The van der Waals surface area contributed by atoms with Gasteiger partial charge in [-0.25, -0.2) is 19.9 Å². The molecule has 0 amide bonds. The van der Waals surface area contributed by atoms with E-state index in [1.54, 1.807) is 18.2 Å². The second kappa shape index (κ2) is 7.97. The molecule has 0 aromatic carbocycles. The number of pyridine rings is 2. The van der Waals surface area contributed by atoms with E-state index in [-0.39, 0.29) is 17.6 Å². The summed E-state index contributed by atoms with van der Waals surface area (Å²) < 4.78 is 39.0. The molecule has 6 nitrogen and oxygen atoms in total. The van der Waals surface area contributed by atoms with Gasteiger partial charge in [0.1, 0.15) is 28.2 Å². The summed E-state index contributed by atoms with van der Waals surface area (Å²) in [5.74, 6) is 0.871. The Morgan fingerprint density at radius 2 is 1.75 bits per heavy atom. The van der Waals surface area contributed by atoms with Crippen LogP contribution in [-0.2, 0) is 6.18 Å². The molecule has 0 aliphatic rings. The van der Waals surface area contributed by atoms with Crippen LogP contribution in [0.2, 0.25) is 5.15 Å². The monoisotopic (exact) mass is 408 g/mol. The highest BCUT2D eigenvalue weighted by Gasteiger charge is 2.32. The summed E-state index contributed by atoms with van der Waals surface area (Å²) >= 11 is 5.89.